The highest BCUT2D eigenvalue weighted by molar-refractivity contribution is 6.12. The lowest BCUT2D eigenvalue weighted by atomic mass is 10.0. The normalized spacial score (nSPS) is 11.5. The van der Waals surface area contributed by atoms with Crippen molar-refractivity contribution in [1.29, 1.82) is 0 Å². The number of aromatic nitrogens is 8. The third-order valence-corrected chi connectivity index (χ3v) is 11.6. The van der Waals surface area contributed by atoms with Crippen molar-refractivity contribution in [2.75, 3.05) is 0 Å². The summed E-state index contributed by atoms with van der Waals surface area (Å²) >= 11 is 0. The van der Waals surface area contributed by atoms with Gasteiger partial charge < -0.3 is 9.13 Å². The van der Waals surface area contributed by atoms with Gasteiger partial charge in [-0.1, -0.05) is 103 Å². The van der Waals surface area contributed by atoms with Gasteiger partial charge in [-0.05, 0) is 78.9 Å². The fourth-order valence-corrected chi connectivity index (χ4v) is 8.85. The predicted octanol–water partition coefficient (Wildman–Crippen LogP) is 12.6. The van der Waals surface area contributed by atoms with Crippen LogP contribution in [0.5, 0.6) is 0 Å². The molecule has 0 bridgehead atoms. The molecule has 8 heteroatoms. The smallest absolute Gasteiger partial charge is 0.160 e. The van der Waals surface area contributed by atoms with Crippen LogP contribution in [0.4, 0.5) is 0 Å². The van der Waals surface area contributed by atoms with Crippen molar-refractivity contribution in [3.05, 3.63) is 207 Å². The van der Waals surface area contributed by atoms with Crippen LogP contribution in [0, 0.1) is 0 Å². The minimum Gasteiger partial charge on any atom is -0.309 e. The van der Waals surface area contributed by atoms with Crippen LogP contribution in [0.1, 0.15) is 0 Å². The first-order chi connectivity index (χ1) is 30.8. The van der Waals surface area contributed by atoms with Gasteiger partial charge in [0.25, 0.3) is 0 Å². The maximum absolute atomic E-state index is 5.36. The van der Waals surface area contributed by atoms with E-state index in [2.05, 4.69) is 181 Å². The molecule has 5 aromatic heterocycles. The Hall–Kier alpha value is -8.62. The molecule has 0 saturated heterocycles. The molecule has 0 fully saturated rings. The molecule has 0 saturated carbocycles. The molecule has 8 nitrogen and oxygen atoms in total. The minimum atomic E-state index is 0.646. The fourth-order valence-electron chi connectivity index (χ4n) is 8.85. The molecular weight excluding hydrogens is 761 g/mol. The van der Waals surface area contributed by atoms with E-state index in [-0.39, 0.29) is 0 Å². The van der Waals surface area contributed by atoms with Crippen molar-refractivity contribution in [1.82, 2.24) is 39.0 Å². The highest BCUT2D eigenvalue weighted by Crippen LogP contribution is 2.41. The molecule has 0 aliphatic rings. The Morgan fingerprint density at radius 2 is 0.710 bits per heavy atom. The van der Waals surface area contributed by atoms with E-state index < -0.39 is 0 Å². The second-order valence-electron chi connectivity index (χ2n) is 15.2. The highest BCUT2D eigenvalue weighted by atomic mass is 15.0. The Balaban J connectivity index is 1.08. The molecule has 0 atom stereocenters. The maximum Gasteiger partial charge on any atom is 0.160 e. The molecule has 12 aromatic rings. The van der Waals surface area contributed by atoms with Crippen molar-refractivity contribution in [3.63, 3.8) is 0 Å². The SMILES string of the molecule is c1ccc(-c2nc(-c3ccccc3-n3c4ccccc4c4cc(-c5ncccn5)ccc43)cc(-c3ccccc3-n3c4ccccc4c4cc(-c5ncccn5)ccc43)n2)cc1. The highest BCUT2D eigenvalue weighted by Gasteiger charge is 2.21. The lowest BCUT2D eigenvalue weighted by Gasteiger charge is -2.17. The van der Waals surface area contributed by atoms with Gasteiger partial charge in [0.15, 0.2) is 17.5 Å². The Kier molecular flexibility index (Phi) is 8.31. The van der Waals surface area contributed by atoms with Gasteiger partial charge in [-0.15, -0.1) is 0 Å². The van der Waals surface area contributed by atoms with Crippen LogP contribution >= 0.6 is 0 Å². The molecule has 12 rings (SSSR count). The van der Waals surface area contributed by atoms with E-state index in [1.165, 1.54) is 0 Å². The average molecular weight is 795 g/mol. The second-order valence-corrected chi connectivity index (χ2v) is 15.2. The van der Waals surface area contributed by atoms with Crippen LogP contribution in [0.15, 0.2) is 207 Å². The number of fused-ring (bicyclic) bond motifs is 6. The van der Waals surface area contributed by atoms with Gasteiger partial charge in [0.1, 0.15) is 0 Å². The summed E-state index contributed by atoms with van der Waals surface area (Å²) in [7, 11) is 0. The predicted molar refractivity (Wildman–Crippen MR) is 249 cm³/mol. The quantitative estimate of drug-likeness (QED) is 0.160. The molecular formula is C54H34N8. The first-order valence-corrected chi connectivity index (χ1v) is 20.5. The Morgan fingerprint density at radius 1 is 0.290 bits per heavy atom. The maximum atomic E-state index is 5.36. The van der Waals surface area contributed by atoms with Gasteiger partial charge >= 0.3 is 0 Å². The standard InChI is InChI=1S/C54H34N8/c1-2-14-35(15-3-1)54-59-44(40-18-6-10-22-48(40)61-46-20-8-4-16-38(46)42-32-36(24-26-50(42)61)52-55-28-12-29-56-52)34-45(60-54)41-19-7-11-23-49(41)62-47-21-9-5-17-39(47)43-33-37(25-27-51(43)62)53-57-30-13-31-58-53/h1-34H. The second kappa shape index (κ2) is 14.6. The molecule has 290 valence electrons. The summed E-state index contributed by atoms with van der Waals surface area (Å²) in [5.41, 5.74) is 12.8. The van der Waals surface area contributed by atoms with E-state index in [0.29, 0.717) is 17.5 Å². The molecule has 62 heavy (non-hydrogen) atoms. The van der Waals surface area contributed by atoms with Crippen LogP contribution in [0.25, 0.3) is 112 Å². The van der Waals surface area contributed by atoms with Gasteiger partial charge in [0.05, 0.1) is 44.8 Å². The zero-order valence-corrected chi connectivity index (χ0v) is 33.2. The van der Waals surface area contributed by atoms with Crippen LogP contribution in [-0.2, 0) is 0 Å². The number of hydrogen-bond acceptors (Lipinski definition) is 6. The van der Waals surface area contributed by atoms with E-state index in [0.717, 1.165) is 94.2 Å². The van der Waals surface area contributed by atoms with Crippen molar-refractivity contribution in [2.45, 2.75) is 0 Å². The van der Waals surface area contributed by atoms with E-state index >= 15 is 0 Å². The van der Waals surface area contributed by atoms with Crippen molar-refractivity contribution < 1.29 is 0 Å². The molecule has 0 radical (unpaired) electrons. The zero-order valence-electron chi connectivity index (χ0n) is 33.2. The number of para-hydroxylation sites is 4. The molecule has 7 aromatic carbocycles. The summed E-state index contributed by atoms with van der Waals surface area (Å²) < 4.78 is 4.70. The van der Waals surface area contributed by atoms with Crippen LogP contribution < -0.4 is 0 Å². The Bertz CT molecular complexity index is 3420. The molecule has 0 spiro atoms. The molecule has 0 N–H and O–H groups in total. The van der Waals surface area contributed by atoms with Crippen LogP contribution in [0.3, 0.4) is 0 Å². The summed E-state index contributed by atoms with van der Waals surface area (Å²) in [6.45, 7) is 0. The summed E-state index contributed by atoms with van der Waals surface area (Å²) in [6.07, 6.45) is 7.13. The number of hydrogen-bond donors (Lipinski definition) is 0. The Labute approximate surface area is 356 Å². The van der Waals surface area contributed by atoms with E-state index in [4.69, 9.17) is 9.97 Å². The number of nitrogens with zero attached hydrogens (tertiary/aromatic N) is 8. The summed E-state index contributed by atoms with van der Waals surface area (Å²) in [5.74, 6) is 2.04. The first kappa shape index (κ1) is 35.3. The Morgan fingerprint density at radius 3 is 1.21 bits per heavy atom. The number of rotatable bonds is 7. The summed E-state index contributed by atoms with van der Waals surface area (Å²) in [6, 6.07) is 63.2. The third-order valence-electron chi connectivity index (χ3n) is 11.6. The van der Waals surface area contributed by atoms with E-state index in [1.54, 1.807) is 24.8 Å². The average Bonchev–Trinajstić information content (AvgIpc) is 3.87. The van der Waals surface area contributed by atoms with Crippen molar-refractivity contribution >= 4 is 43.6 Å². The molecule has 5 heterocycles. The third kappa shape index (κ3) is 5.84. The summed E-state index contributed by atoms with van der Waals surface area (Å²) in [5, 5.41) is 4.54. The molecule has 0 aliphatic carbocycles. The minimum absolute atomic E-state index is 0.646. The van der Waals surface area contributed by atoms with Gasteiger partial charge in [-0.25, -0.2) is 29.9 Å². The summed E-state index contributed by atoms with van der Waals surface area (Å²) in [4.78, 5) is 28.9. The van der Waals surface area contributed by atoms with E-state index in [9.17, 15) is 0 Å². The zero-order chi connectivity index (χ0) is 41.0. The largest absolute Gasteiger partial charge is 0.309 e. The first-order valence-electron chi connectivity index (χ1n) is 20.5. The van der Waals surface area contributed by atoms with Crippen molar-refractivity contribution in [3.8, 4) is 68.1 Å². The van der Waals surface area contributed by atoms with Crippen LogP contribution in [0.2, 0.25) is 0 Å². The van der Waals surface area contributed by atoms with Gasteiger partial charge in [0.2, 0.25) is 0 Å². The van der Waals surface area contributed by atoms with Crippen LogP contribution in [-0.4, -0.2) is 39.0 Å². The molecule has 0 amide bonds. The monoisotopic (exact) mass is 794 g/mol. The topological polar surface area (TPSA) is 87.2 Å². The van der Waals surface area contributed by atoms with Gasteiger partial charge in [-0.3, -0.25) is 0 Å². The lowest BCUT2D eigenvalue weighted by Crippen LogP contribution is -2.02. The lowest BCUT2D eigenvalue weighted by molar-refractivity contribution is 1.14. The van der Waals surface area contributed by atoms with Gasteiger partial charge in [-0.2, -0.15) is 0 Å². The molecule has 0 unspecified atom stereocenters. The van der Waals surface area contributed by atoms with Crippen molar-refractivity contribution in [2.24, 2.45) is 0 Å². The van der Waals surface area contributed by atoms with Gasteiger partial charge in [0, 0.05) is 74.1 Å². The van der Waals surface area contributed by atoms with E-state index in [1.807, 2.05) is 30.3 Å². The molecule has 0 aliphatic heterocycles. The fraction of sp³-hybridized carbons (Fsp3) is 0. The number of benzene rings is 7.